The first-order valence-corrected chi connectivity index (χ1v) is 11.0. The van der Waals surface area contributed by atoms with E-state index in [1.54, 1.807) is 5.57 Å². The second kappa shape index (κ2) is 6.90. The highest BCUT2D eigenvalue weighted by Crippen LogP contribution is 2.66. The van der Waals surface area contributed by atoms with Crippen molar-refractivity contribution in [2.75, 3.05) is 13.2 Å². The van der Waals surface area contributed by atoms with E-state index >= 15 is 0 Å². The Morgan fingerprint density at radius 3 is 2.73 bits per heavy atom. The summed E-state index contributed by atoms with van der Waals surface area (Å²) in [6.45, 7) is 7.86. The van der Waals surface area contributed by atoms with Crippen molar-refractivity contribution in [2.24, 2.45) is 34.5 Å². The van der Waals surface area contributed by atoms with Crippen LogP contribution in [0.25, 0.3) is 0 Å². The molecule has 0 spiro atoms. The molecule has 0 radical (unpaired) electrons. The Hall–Kier alpha value is -0.380. The van der Waals surface area contributed by atoms with Crippen LogP contribution in [0.1, 0.15) is 72.1 Å². The van der Waals surface area contributed by atoms with Gasteiger partial charge in [-0.2, -0.15) is 0 Å². The lowest BCUT2D eigenvalue weighted by atomic mass is 9.47. The van der Waals surface area contributed by atoms with Gasteiger partial charge in [-0.15, -0.1) is 0 Å². The van der Waals surface area contributed by atoms with Crippen molar-refractivity contribution in [3.8, 4) is 0 Å². The number of hydrogen-bond donors (Lipinski definition) is 2. The Bertz CT molecular complexity index is 558. The molecule has 3 saturated carbocycles. The van der Waals surface area contributed by atoms with Crippen LogP contribution < -0.4 is 0 Å². The van der Waals surface area contributed by atoms with Crippen LogP contribution in [0.15, 0.2) is 11.6 Å². The Kier molecular flexibility index (Phi) is 5.03. The Labute approximate surface area is 159 Å². The summed E-state index contributed by atoms with van der Waals surface area (Å²) < 4.78 is 5.95. The molecule has 3 fully saturated rings. The molecule has 148 valence electrons. The number of ether oxygens (including phenoxy) is 1. The van der Waals surface area contributed by atoms with Gasteiger partial charge in [-0.3, -0.25) is 0 Å². The summed E-state index contributed by atoms with van der Waals surface area (Å²) in [4.78, 5) is 0. The van der Waals surface area contributed by atoms with E-state index in [4.69, 9.17) is 9.84 Å². The first-order chi connectivity index (χ1) is 12.4. The number of aliphatic hydroxyl groups excluding tert-OH is 2. The molecule has 26 heavy (non-hydrogen) atoms. The molecular formula is C23H38O3. The summed E-state index contributed by atoms with van der Waals surface area (Å²) in [5.74, 6) is 3.06. The van der Waals surface area contributed by atoms with E-state index in [1.165, 1.54) is 38.5 Å². The molecule has 4 rings (SSSR count). The van der Waals surface area contributed by atoms with E-state index < -0.39 is 0 Å². The van der Waals surface area contributed by atoms with Gasteiger partial charge in [-0.1, -0.05) is 25.5 Å². The Morgan fingerprint density at radius 2 is 1.96 bits per heavy atom. The molecule has 4 aliphatic carbocycles. The summed E-state index contributed by atoms with van der Waals surface area (Å²) in [7, 11) is 0. The predicted octanol–water partition coefficient (Wildman–Crippen LogP) is 4.32. The van der Waals surface area contributed by atoms with E-state index in [0.717, 1.165) is 30.6 Å². The number of allylic oxidation sites excluding steroid dienone is 1. The highest BCUT2D eigenvalue weighted by atomic mass is 16.5. The second-order valence-electron chi connectivity index (χ2n) is 10.2. The fraction of sp³-hybridized carbons (Fsp3) is 0.913. The average molecular weight is 363 g/mol. The lowest BCUT2D eigenvalue weighted by molar-refractivity contribution is -0.0840. The van der Waals surface area contributed by atoms with Gasteiger partial charge >= 0.3 is 0 Å². The van der Waals surface area contributed by atoms with Crippen LogP contribution >= 0.6 is 0 Å². The maximum atomic E-state index is 10.1. The zero-order valence-corrected chi connectivity index (χ0v) is 16.9. The van der Waals surface area contributed by atoms with Crippen molar-refractivity contribution in [3.63, 3.8) is 0 Å². The summed E-state index contributed by atoms with van der Waals surface area (Å²) in [6.07, 6.45) is 12.2. The molecular weight excluding hydrogens is 324 g/mol. The van der Waals surface area contributed by atoms with Gasteiger partial charge in [-0.25, -0.2) is 0 Å². The highest BCUT2D eigenvalue weighted by Gasteiger charge is 2.59. The first kappa shape index (κ1) is 19.0. The SMILES string of the molecule is C[C@@H](OCCO)[C@H]1CC[C@H]2[C@@H]3CC=C4C[C@H](O)CC[C@]4(C)[C@H]3CC[C@]12C. The van der Waals surface area contributed by atoms with Gasteiger partial charge in [0.05, 0.1) is 25.4 Å². The molecule has 8 atom stereocenters. The van der Waals surface area contributed by atoms with E-state index in [9.17, 15) is 5.11 Å². The molecule has 4 aliphatic rings. The third-order valence-corrected chi connectivity index (χ3v) is 9.19. The fourth-order valence-electron chi connectivity index (χ4n) is 7.81. The van der Waals surface area contributed by atoms with Crippen LogP contribution in [0.5, 0.6) is 0 Å². The smallest absolute Gasteiger partial charge is 0.0701 e. The number of rotatable bonds is 4. The number of hydrogen-bond acceptors (Lipinski definition) is 3. The van der Waals surface area contributed by atoms with Gasteiger partial charge in [-0.05, 0) is 92.8 Å². The van der Waals surface area contributed by atoms with Gasteiger partial charge < -0.3 is 14.9 Å². The normalized spacial score (nSPS) is 49.0. The Morgan fingerprint density at radius 1 is 1.15 bits per heavy atom. The van der Waals surface area contributed by atoms with Crippen LogP contribution in [0.3, 0.4) is 0 Å². The topological polar surface area (TPSA) is 49.7 Å². The first-order valence-electron chi connectivity index (χ1n) is 11.0. The summed E-state index contributed by atoms with van der Waals surface area (Å²) in [5, 5.41) is 19.3. The minimum atomic E-state index is -0.111. The van der Waals surface area contributed by atoms with E-state index in [1.807, 2.05) is 0 Å². The van der Waals surface area contributed by atoms with Crippen LogP contribution in [0, 0.1) is 34.5 Å². The molecule has 3 nitrogen and oxygen atoms in total. The molecule has 0 aromatic carbocycles. The molecule has 0 aromatic heterocycles. The van der Waals surface area contributed by atoms with E-state index in [2.05, 4.69) is 26.8 Å². The quantitative estimate of drug-likeness (QED) is 0.732. The minimum absolute atomic E-state index is 0.111. The standard InChI is InChI=1S/C23H38O3/c1-15(26-13-12-24)19-6-7-20-18-5-4-16-14-17(25)8-10-22(16,2)21(18)9-11-23(19,20)3/h4,15,17-21,24-25H,5-14H2,1-3H3/t15-,17-,18+,19-,20+,21+,22+,23-/m1/s1. The second-order valence-corrected chi connectivity index (χ2v) is 10.2. The lowest BCUT2D eigenvalue weighted by Gasteiger charge is -2.58. The van der Waals surface area contributed by atoms with Crippen molar-refractivity contribution in [3.05, 3.63) is 11.6 Å². The molecule has 0 heterocycles. The van der Waals surface area contributed by atoms with Crippen molar-refractivity contribution in [1.82, 2.24) is 0 Å². The molecule has 3 heteroatoms. The molecule has 0 amide bonds. The van der Waals surface area contributed by atoms with E-state index in [0.29, 0.717) is 23.4 Å². The van der Waals surface area contributed by atoms with Crippen LogP contribution in [-0.2, 0) is 4.74 Å². The number of aliphatic hydroxyl groups is 2. The molecule has 0 aromatic rings. The average Bonchev–Trinajstić information content (AvgIpc) is 2.97. The van der Waals surface area contributed by atoms with Crippen LogP contribution in [0.2, 0.25) is 0 Å². The summed E-state index contributed by atoms with van der Waals surface area (Å²) in [5.41, 5.74) is 2.29. The predicted molar refractivity (Wildman–Crippen MR) is 104 cm³/mol. The van der Waals surface area contributed by atoms with Crippen LogP contribution in [-0.4, -0.2) is 35.6 Å². The molecule has 0 aliphatic heterocycles. The van der Waals surface area contributed by atoms with Gasteiger partial charge in [0, 0.05) is 0 Å². The molecule has 0 bridgehead atoms. The minimum Gasteiger partial charge on any atom is -0.394 e. The Balaban J connectivity index is 1.56. The third kappa shape index (κ3) is 2.81. The number of fused-ring (bicyclic) bond motifs is 5. The summed E-state index contributed by atoms with van der Waals surface area (Å²) >= 11 is 0. The van der Waals surface area contributed by atoms with Crippen molar-refractivity contribution < 1.29 is 14.9 Å². The fourth-order valence-corrected chi connectivity index (χ4v) is 7.81. The van der Waals surface area contributed by atoms with Crippen LogP contribution in [0.4, 0.5) is 0 Å². The van der Waals surface area contributed by atoms with Gasteiger partial charge in [0.15, 0.2) is 0 Å². The van der Waals surface area contributed by atoms with E-state index in [-0.39, 0.29) is 18.8 Å². The lowest BCUT2D eigenvalue weighted by Crippen LogP contribution is -2.51. The highest BCUT2D eigenvalue weighted by molar-refractivity contribution is 5.25. The summed E-state index contributed by atoms with van der Waals surface area (Å²) in [6, 6.07) is 0. The largest absolute Gasteiger partial charge is 0.394 e. The van der Waals surface area contributed by atoms with Crippen molar-refractivity contribution in [2.45, 2.75) is 84.3 Å². The maximum absolute atomic E-state index is 10.1. The molecule has 0 unspecified atom stereocenters. The maximum Gasteiger partial charge on any atom is 0.0701 e. The van der Waals surface area contributed by atoms with Crippen molar-refractivity contribution in [1.29, 1.82) is 0 Å². The monoisotopic (exact) mass is 362 g/mol. The molecule has 2 N–H and O–H groups in total. The van der Waals surface area contributed by atoms with Gasteiger partial charge in [0.25, 0.3) is 0 Å². The zero-order chi connectivity index (χ0) is 18.5. The zero-order valence-electron chi connectivity index (χ0n) is 16.9. The van der Waals surface area contributed by atoms with Crippen molar-refractivity contribution >= 4 is 0 Å². The van der Waals surface area contributed by atoms with Gasteiger partial charge in [0.2, 0.25) is 0 Å². The van der Waals surface area contributed by atoms with Gasteiger partial charge in [0.1, 0.15) is 0 Å². The third-order valence-electron chi connectivity index (χ3n) is 9.19. The molecule has 0 saturated heterocycles.